The molecule has 1 amide bonds. The molecule has 0 aromatic heterocycles. The number of halogens is 1. The van der Waals surface area contributed by atoms with Gasteiger partial charge in [0.15, 0.2) is 0 Å². The van der Waals surface area contributed by atoms with Gasteiger partial charge in [-0.15, -0.1) is 0 Å². The number of hydrogen-bond donors (Lipinski definition) is 1. The number of β-lactam (4-membered cyclic amide) rings is 1. The van der Waals surface area contributed by atoms with Crippen LogP contribution in [0.1, 0.15) is 11.6 Å². The quantitative estimate of drug-likeness (QED) is 0.708. The molecule has 0 bridgehead atoms. The highest BCUT2D eigenvalue weighted by Gasteiger charge is 2.42. The number of nitrogens with zero attached hydrogens (tertiary/aromatic N) is 1. The Morgan fingerprint density at radius 2 is 1.93 bits per heavy atom. The molecule has 0 unspecified atom stereocenters. The maximum Gasteiger partial charge on any atom is 0.242 e. The van der Waals surface area contributed by atoms with Crippen LogP contribution in [0.15, 0.2) is 24.3 Å². The molecule has 2 rings (SSSR count). The van der Waals surface area contributed by atoms with Gasteiger partial charge in [0.25, 0.3) is 0 Å². The number of nitrogens with two attached hydrogens (primary N) is 1. The number of amides is 1. The number of likely N-dealkylation sites (tertiary alicyclic amines) is 1. The van der Waals surface area contributed by atoms with Crippen LogP contribution in [-0.4, -0.2) is 23.9 Å². The van der Waals surface area contributed by atoms with Crippen molar-refractivity contribution in [3.8, 4) is 0 Å². The van der Waals surface area contributed by atoms with E-state index >= 15 is 0 Å². The number of carbonyl (C=O) groups excluding carboxylic acids is 1. The Bertz CT molecular complexity index is 351. The molecule has 0 spiro atoms. The molecule has 1 aromatic carbocycles. The lowest BCUT2D eigenvalue weighted by atomic mass is 9.90. The lowest BCUT2D eigenvalue weighted by Crippen LogP contribution is -2.61. The van der Waals surface area contributed by atoms with Gasteiger partial charge >= 0.3 is 0 Å². The summed E-state index contributed by atoms with van der Waals surface area (Å²) in [5, 5.41) is 0.690. The van der Waals surface area contributed by atoms with Crippen LogP contribution in [0.3, 0.4) is 0 Å². The predicted molar refractivity (Wildman–Crippen MR) is 54.9 cm³/mol. The van der Waals surface area contributed by atoms with Gasteiger partial charge < -0.3 is 10.6 Å². The van der Waals surface area contributed by atoms with Crippen molar-refractivity contribution in [3.05, 3.63) is 34.9 Å². The van der Waals surface area contributed by atoms with Crippen molar-refractivity contribution < 1.29 is 4.79 Å². The highest BCUT2D eigenvalue weighted by molar-refractivity contribution is 6.30. The standard InChI is InChI=1S/C10H11ClN2O/c1-13-9(8(12)10(13)14)6-2-4-7(11)5-3-6/h2-5,8-9H,12H2,1H3/t8-,9+/m1/s1. The van der Waals surface area contributed by atoms with Crippen molar-refractivity contribution in [2.75, 3.05) is 7.05 Å². The first kappa shape index (κ1) is 9.49. The Morgan fingerprint density at radius 3 is 2.43 bits per heavy atom. The van der Waals surface area contributed by atoms with Crippen molar-refractivity contribution in [2.24, 2.45) is 5.73 Å². The van der Waals surface area contributed by atoms with Crippen molar-refractivity contribution in [2.45, 2.75) is 12.1 Å². The molecule has 74 valence electrons. The van der Waals surface area contributed by atoms with Crippen LogP contribution in [0.4, 0.5) is 0 Å². The Labute approximate surface area is 87.4 Å². The van der Waals surface area contributed by atoms with E-state index in [1.165, 1.54) is 0 Å². The molecule has 1 heterocycles. The van der Waals surface area contributed by atoms with Gasteiger partial charge in [0.05, 0.1) is 6.04 Å². The molecule has 3 nitrogen and oxygen atoms in total. The fraction of sp³-hybridized carbons (Fsp3) is 0.300. The van der Waals surface area contributed by atoms with Crippen LogP contribution in [0.2, 0.25) is 5.02 Å². The summed E-state index contributed by atoms with van der Waals surface area (Å²) in [6.45, 7) is 0. The number of hydrogen-bond acceptors (Lipinski definition) is 2. The van der Waals surface area contributed by atoms with E-state index in [2.05, 4.69) is 0 Å². The van der Waals surface area contributed by atoms with Gasteiger partial charge in [-0.05, 0) is 17.7 Å². The summed E-state index contributed by atoms with van der Waals surface area (Å²) in [6, 6.07) is 7.01. The van der Waals surface area contributed by atoms with Gasteiger partial charge in [0.2, 0.25) is 5.91 Å². The van der Waals surface area contributed by atoms with Crippen LogP contribution >= 0.6 is 11.6 Å². The van der Waals surface area contributed by atoms with Crippen LogP contribution in [0.25, 0.3) is 0 Å². The molecule has 2 atom stereocenters. The normalized spacial score (nSPS) is 26.2. The minimum atomic E-state index is -0.402. The zero-order valence-corrected chi connectivity index (χ0v) is 8.53. The smallest absolute Gasteiger partial charge is 0.242 e. The molecule has 0 saturated carbocycles. The molecular formula is C10H11ClN2O. The third-order valence-electron chi connectivity index (χ3n) is 2.60. The summed E-state index contributed by atoms with van der Waals surface area (Å²) in [4.78, 5) is 12.8. The summed E-state index contributed by atoms with van der Waals surface area (Å²) >= 11 is 5.77. The van der Waals surface area contributed by atoms with E-state index in [1.54, 1.807) is 24.1 Å². The largest absolute Gasteiger partial charge is 0.335 e. The van der Waals surface area contributed by atoms with Gasteiger partial charge in [0.1, 0.15) is 6.04 Å². The first-order chi connectivity index (χ1) is 6.61. The van der Waals surface area contributed by atoms with Crippen LogP contribution in [-0.2, 0) is 4.79 Å². The molecule has 1 aliphatic heterocycles. The Kier molecular flexibility index (Phi) is 2.21. The molecule has 2 N–H and O–H groups in total. The summed E-state index contributed by atoms with van der Waals surface area (Å²) in [6.07, 6.45) is 0. The van der Waals surface area contributed by atoms with Crippen molar-refractivity contribution in [3.63, 3.8) is 0 Å². The summed E-state index contributed by atoms with van der Waals surface area (Å²) in [5.74, 6) is -0.00931. The molecule has 1 aliphatic rings. The molecule has 0 aliphatic carbocycles. The highest BCUT2D eigenvalue weighted by atomic mass is 35.5. The maximum absolute atomic E-state index is 11.2. The molecule has 14 heavy (non-hydrogen) atoms. The maximum atomic E-state index is 11.2. The first-order valence-electron chi connectivity index (χ1n) is 4.39. The third-order valence-corrected chi connectivity index (χ3v) is 2.85. The van der Waals surface area contributed by atoms with Crippen molar-refractivity contribution in [1.82, 2.24) is 4.90 Å². The second kappa shape index (κ2) is 3.26. The van der Waals surface area contributed by atoms with Crippen LogP contribution in [0, 0.1) is 0 Å². The van der Waals surface area contributed by atoms with E-state index in [0.717, 1.165) is 5.56 Å². The molecule has 1 saturated heterocycles. The molecule has 1 fully saturated rings. The van der Waals surface area contributed by atoms with E-state index in [4.69, 9.17) is 17.3 Å². The van der Waals surface area contributed by atoms with Gasteiger partial charge in [-0.1, -0.05) is 23.7 Å². The summed E-state index contributed by atoms with van der Waals surface area (Å²) in [7, 11) is 1.75. The molecular weight excluding hydrogens is 200 g/mol. The minimum Gasteiger partial charge on any atom is -0.335 e. The molecule has 0 radical (unpaired) electrons. The van der Waals surface area contributed by atoms with Gasteiger partial charge in [0, 0.05) is 12.1 Å². The van der Waals surface area contributed by atoms with E-state index in [0.29, 0.717) is 5.02 Å². The SMILES string of the molecule is CN1C(=O)[C@H](N)[C@@H]1c1ccc(Cl)cc1. The van der Waals surface area contributed by atoms with Crippen LogP contribution in [0.5, 0.6) is 0 Å². The first-order valence-corrected chi connectivity index (χ1v) is 4.77. The average molecular weight is 211 g/mol. The zero-order valence-electron chi connectivity index (χ0n) is 7.77. The van der Waals surface area contributed by atoms with Crippen molar-refractivity contribution >= 4 is 17.5 Å². The Balaban J connectivity index is 2.24. The number of likely N-dealkylation sites (N-methyl/N-ethyl adjacent to an activating group) is 1. The van der Waals surface area contributed by atoms with Gasteiger partial charge in [-0.3, -0.25) is 4.79 Å². The van der Waals surface area contributed by atoms with E-state index in [1.807, 2.05) is 12.1 Å². The van der Waals surface area contributed by atoms with Crippen LogP contribution < -0.4 is 5.73 Å². The highest BCUT2D eigenvalue weighted by Crippen LogP contribution is 2.32. The lowest BCUT2D eigenvalue weighted by molar-refractivity contribution is -0.146. The fourth-order valence-corrected chi connectivity index (χ4v) is 1.88. The monoisotopic (exact) mass is 210 g/mol. The van der Waals surface area contributed by atoms with E-state index in [9.17, 15) is 4.79 Å². The van der Waals surface area contributed by atoms with Gasteiger partial charge in [-0.2, -0.15) is 0 Å². The second-order valence-electron chi connectivity index (χ2n) is 3.47. The third kappa shape index (κ3) is 1.29. The topological polar surface area (TPSA) is 46.3 Å². The predicted octanol–water partition coefficient (Wildman–Crippen LogP) is 1.18. The zero-order chi connectivity index (χ0) is 10.3. The average Bonchev–Trinajstić information content (AvgIpc) is 2.21. The lowest BCUT2D eigenvalue weighted by Gasteiger charge is -2.43. The molecule has 4 heteroatoms. The van der Waals surface area contributed by atoms with E-state index < -0.39 is 6.04 Å². The number of rotatable bonds is 1. The Hall–Kier alpha value is -1.06. The fourth-order valence-electron chi connectivity index (χ4n) is 1.76. The van der Waals surface area contributed by atoms with Gasteiger partial charge in [-0.25, -0.2) is 0 Å². The summed E-state index contributed by atoms with van der Waals surface area (Å²) < 4.78 is 0. The molecule has 1 aromatic rings. The Morgan fingerprint density at radius 1 is 1.36 bits per heavy atom. The number of carbonyl (C=O) groups is 1. The second-order valence-corrected chi connectivity index (χ2v) is 3.91. The summed E-state index contributed by atoms with van der Waals surface area (Å²) in [5.41, 5.74) is 6.73. The van der Waals surface area contributed by atoms with Crippen molar-refractivity contribution in [1.29, 1.82) is 0 Å². The minimum absolute atomic E-state index is 0.000216. The van der Waals surface area contributed by atoms with E-state index in [-0.39, 0.29) is 11.9 Å². The number of benzene rings is 1.